The van der Waals surface area contributed by atoms with E-state index in [1.54, 1.807) is 0 Å². The van der Waals surface area contributed by atoms with E-state index in [1.807, 2.05) is 4.90 Å². The summed E-state index contributed by atoms with van der Waals surface area (Å²) in [5, 5.41) is 3.64. The van der Waals surface area contributed by atoms with Crippen LogP contribution in [0.1, 0.15) is 23.4 Å². The van der Waals surface area contributed by atoms with Crippen molar-refractivity contribution in [3.8, 4) is 0 Å². The third kappa shape index (κ3) is 4.52. The smallest absolute Gasteiger partial charge is 0.329 e. The van der Waals surface area contributed by atoms with Gasteiger partial charge in [0, 0.05) is 11.6 Å². The van der Waals surface area contributed by atoms with Crippen molar-refractivity contribution >= 4 is 57.0 Å². The van der Waals surface area contributed by atoms with Crippen LogP contribution in [0, 0.1) is 0 Å². The molecule has 0 spiro atoms. The minimum atomic E-state index is -4.51. The first-order valence-corrected chi connectivity index (χ1v) is 9.40. The molecule has 25 heavy (non-hydrogen) atoms. The van der Waals surface area contributed by atoms with Gasteiger partial charge in [0.25, 0.3) is 0 Å². The van der Waals surface area contributed by atoms with E-state index >= 15 is 0 Å². The van der Waals surface area contributed by atoms with Crippen molar-refractivity contribution in [1.82, 2.24) is 9.88 Å². The highest BCUT2D eigenvalue weighted by Gasteiger charge is 2.38. The van der Waals surface area contributed by atoms with Gasteiger partial charge >= 0.3 is 6.18 Å². The van der Waals surface area contributed by atoms with Gasteiger partial charge in [-0.05, 0) is 38.1 Å². The monoisotopic (exact) mass is 429 g/mol. The van der Waals surface area contributed by atoms with Gasteiger partial charge in [-0.2, -0.15) is 13.2 Å². The third-order valence-corrected chi connectivity index (χ3v) is 5.54. The average Bonchev–Trinajstić information content (AvgIpc) is 3.12. The van der Waals surface area contributed by atoms with E-state index in [0.717, 1.165) is 37.3 Å². The summed E-state index contributed by atoms with van der Waals surface area (Å²) in [6.45, 7) is 1.83. The number of rotatable bonds is 4. The summed E-state index contributed by atoms with van der Waals surface area (Å²) in [6, 6.07) is 2.92. The Hall–Kier alpha value is -0.730. The van der Waals surface area contributed by atoms with E-state index < -0.39 is 11.9 Å². The molecule has 0 amide bonds. The summed E-state index contributed by atoms with van der Waals surface area (Å²) in [4.78, 5) is 5.90. The van der Waals surface area contributed by atoms with Gasteiger partial charge in [0.15, 0.2) is 10.8 Å². The lowest BCUT2D eigenvalue weighted by molar-refractivity contribution is -0.141. The molecule has 1 aromatic heterocycles. The van der Waals surface area contributed by atoms with Gasteiger partial charge in [-0.1, -0.05) is 46.1 Å². The molecule has 1 fully saturated rings. The lowest BCUT2D eigenvalue weighted by atomic mass is 10.3. The first-order valence-electron chi connectivity index (χ1n) is 7.45. The molecule has 136 valence electrons. The molecule has 3 rings (SSSR count). The van der Waals surface area contributed by atoms with Gasteiger partial charge in [-0.25, -0.2) is 4.98 Å². The van der Waals surface area contributed by atoms with Gasteiger partial charge in [0.1, 0.15) is 0 Å². The van der Waals surface area contributed by atoms with Crippen LogP contribution in [0.4, 0.5) is 24.0 Å². The number of nitrogens with one attached hydrogen (secondary N) is 1. The second-order valence-corrected chi connectivity index (χ2v) is 7.98. The summed E-state index contributed by atoms with van der Waals surface area (Å²) in [5.74, 6) is 0. The Labute approximate surface area is 161 Å². The molecule has 1 N–H and O–H groups in total. The van der Waals surface area contributed by atoms with Crippen molar-refractivity contribution in [2.75, 3.05) is 18.4 Å². The molecule has 0 bridgehead atoms. The number of hydrogen-bond acceptors (Lipinski definition) is 4. The van der Waals surface area contributed by atoms with E-state index in [9.17, 15) is 13.2 Å². The number of nitrogens with zero attached hydrogens (tertiary/aromatic N) is 2. The summed E-state index contributed by atoms with van der Waals surface area (Å²) >= 11 is 18.9. The van der Waals surface area contributed by atoms with Crippen LogP contribution in [0.25, 0.3) is 0 Å². The van der Waals surface area contributed by atoms with Crippen molar-refractivity contribution in [2.24, 2.45) is 0 Å². The average molecular weight is 431 g/mol. The Morgan fingerprint density at radius 2 is 1.72 bits per heavy atom. The number of hydrogen-bond donors (Lipinski definition) is 1. The molecular weight excluding hydrogens is 418 g/mol. The lowest BCUT2D eigenvalue weighted by Crippen LogP contribution is -2.20. The van der Waals surface area contributed by atoms with E-state index in [1.165, 1.54) is 12.1 Å². The quantitative estimate of drug-likeness (QED) is 0.603. The molecule has 2 heterocycles. The largest absolute Gasteiger partial charge is 0.434 e. The zero-order valence-electron chi connectivity index (χ0n) is 12.8. The predicted molar refractivity (Wildman–Crippen MR) is 96.4 cm³/mol. The van der Waals surface area contributed by atoms with Gasteiger partial charge in [0.05, 0.1) is 20.6 Å². The number of benzene rings is 1. The van der Waals surface area contributed by atoms with E-state index in [0.29, 0.717) is 5.02 Å². The van der Waals surface area contributed by atoms with Gasteiger partial charge < -0.3 is 5.32 Å². The Morgan fingerprint density at radius 3 is 2.28 bits per heavy atom. The molecule has 0 saturated carbocycles. The zero-order valence-corrected chi connectivity index (χ0v) is 15.8. The molecule has 0 atom stereocenters. The van der Waals surface area contributed by atoms with Crippen LogP contribution in [0.5, 0.6) is 0 Å². The van der Waals surface area contributed by atoms with E-state index in [2.05, 4.69) is 10.3 Å². The summed E-state index contributed by atoms with van der Waals surface area (Å²) in [5.41, 5.74) is -0.587. The number of thiazole rings is 1. The number of anilines is 2. The topological polar surface area (TPSA) is 28.2 Å². The second kappa shape index (κ2) is 7.48. The Bertz CT molecular complexity index is 750. The number of aromatic nitrogens is 1. The third-order valence-electron chi connectivity index (χ3n) is 3.77. The van der Waals surface area contributed by atoms with Crippen molar-refractivity contribution in [3.05, 3.63) is 37.8 Å². The first-order chi connectivity index (χ1) is 11.7. The number of alkyl halides is 3. The minimum absolute atomic E-state index is 0.0904. The maximum atomic E-state index is 13.3. The molecule has 2 aromatic rings. The maximum absolute atomic E-state index is 13.3. The molecule has 0 unspecified atom stereocenters. The lowest BCUT2D eigenvalue weighted by Gasteiger charge is -2.14. The van der Waals surface area contributed by atoms with Crippen LogP contribution < -0.4 is 5.32 Å². The molecule has 10 heteroatoms. The molecule has 1 saturated heterocycles. The van der Waals surface area contributed by atoms with Crippen molar-refractivity contribution < 1.29 is 13.2 Å². The maximum Gasteiger partial charge on any atom is 0.434 e. The second-order valence-electron chi connectivity index (χ2n) is 5.64. The van der Waals surface area contributed by atoms with Crippen LogP contribution in [0.15, 0.2) is 12.1 Å². The van der Waals surface area contributed by atoms with Crippen LogP contribution in [0.3, 0.4) is 0 Å². The SMILES string of the molecule is FC(F)(F)c1nc(Nc2c(Cl)cc(Cl)cc2Cl)sc1CN1CCCC1. The highest BCUT2D eigenvalue weighted by molar-refractivity contribution is 7.15. The predicted octanol–water partition coefficient (Wildman–Crippen LogP) is 6.46. The molecule has 1 aliphatic rings. The Morgan fingerprint density at radius 1 is 1.12 bits per heavy atom. The number of halogens is 6. The fraction of sp³-hybridized carbons (Fsp3) is 0.400. The van der Waals surface area contributed by atoms with Crippen LogP contribution >= 0.6 is 46.1 Å². The molecular formula is C15H13Cl3F3N3S. The van der Waals surface area contributed by atoms with E-state index in [4.69, 9.17) is 34.8 Å². The molecule has 0 radical (unpaired) electrons. The van der Waals surface area contributed by atoms with Crippen molar-refractivity contribution in [1.29, 1.82) is 0 Å². The van der Waals surface area contributed by atoms with Gasteiger partial charge in [0.2, 0.25) is 0 Å². The van der Waals surface area contributed by atoms with Crippen LogP contribution in [0.2, 0.25) is 15.1 Å². The Kier molecular flexibility index (Phi) is 5.70. The van der Waals surface area contributed by atoms with Crippen LogP contribution in [-0.4, -0.2) is 23.0 Å². The fourth-order valence-electron chi connectivity index (χ4n) is 2.65. The van der Waals surface area contributed by atoms with Gasteiger partial charge in [-0.3, -0.25) is 4.90 Å². The van der Waals surface area contributed by atoms with Crippen molar-refractivity contribution in [3.63, 3.8) is 0 Å². The Balaban J connectivity index is 1.90. The van der Waals surface area contributed by atoms with Crippen molar-refractivity contribution in [2.45, 2.75) is 25.6 Å². The highest BCUT2D eigenvalue weighted by Crippen LogP contribution is 2.41. The molecule has 1 aromatic carbocycles. The van der Waals surface area contributed by atoms with Gasteiger partial charge in [-0.15, -0.1) is 0 Å². The summed E-state index contributed by atoms with van der Waals surface area (Å²) < 4.78 is 39.9. The zero-order chi connectivity index (χ0) is 18.2. The highest BCUT2D eigenvalue weighted by atomic mass is 35.5. The summed E-state index contributed by atoms with van der Waals surface area (Å²) in [6.07, 6.45) is -2.51. The normalized spacial score (nSPS) is 15.8. The first kappa shape index (κ1) is 19.0. The molecule has 3 nitrogen and oxygen atoms in total. The molecule has 0 aliphatic carbocycles. The van der Waals surface area contributed by atoms with E-state index in [-0.39, 0.29) is 32.3 Å². The summed E-state index contributed by atoms with van der Waals surface area (Å²) in [7, 11) is 0. The molecule has 1 aliphatic heterocycles. The number of likely N-dealkylation sites (tertiary alicyclic amines) is 1. The van der Waals surface area contributed by atoms with Crippen LogP contribution in [-0.2, 0) is 12.7 Å². The standard InChI is InChI=1S/C15H13Cl3F3N3S/c16-8-5-9(17)12(10(18)6-8)22-14-23-13(15(19,20)21)11(25-14)7-24-3-1-2-4-24/h5-6H,1-4,7H2,(H,22,23). The fourth-order valence-corrected chi connectivity index (χ4v) is 4.59. The minimum Gasteiger partial charge on any atom is -0.329 e.